The van der Waals surface area contributed by atoms with Gasteiger partial charge in [0.05, 0.1) is 49.9 Å². The fourth-order valence-electron chi connectivity index (χ4n) is 7.85. The molecule has 0 spiro atoms. The first kappa shape index (κ1) is 45.3. The number of hydrogen-bond donors (Lipinski definition) is 0. The smallest absolute Gasteiger partial charge is 0.338 e. The fourth-order valence-corrected chi connectivity index (χ4v) is 7.85. The van der Waals surface area contributed by atoms with E-state index in [-0.39, 0.29) is 37.4 Å². The molecule has 14 heteroatoms. The molecule has 0 aromatic heterocycles. The van der Waals surface area contributed by atoms with Gasteiger partial charge < -0.3 is 47.4 Å². The second kappa shape index (κ2) is 22.1. The second-order valence-corrected chi connectivity index (χ2v) is 15.8. The molecule has 338 valence electrons. The van der Waals surface area contributed by atoms with Gasteiger partial charge in [-0.2, -0.15) is 0 Å². The average Bonchev–Trinajstić information content (AvgIpc) is 3.36. The minimum Gasteiger partial charge on any atom is -0.459 e. The molecule has 3 aliphatic heterocycles. The first-order chi connectivity index (χ1) is 31.8. The van der Waals surface area contributed by atoms with Crippen LogP contribution in [0.15, 0.2) is 152 Å². The van der Waals surface area contributed by atoms with E-state index in [2.05, 4.69) is 0 Å². The van der Waals surface area contributed by atoms with E-state index in [0.29, 0.717) is 0 Å². The van der Waals surface area contributed by atoms with Crippen molar-refractivity contribution in [1.29, 1.82) is 0 Å². The van der Waals surface area contributed by atoms with E-state index >= 15 is 0 Å². The zero-order chi connectivity index (χ0) is 45.0. The highest BCUT2D eigenvalue weighted by atomic mass is 16.8. The van der Waals surface area contributed by atoms with E-state index < -0.39 is 98.3 Å². The molecular formula is C51H50O14. The van der Waals surface area contributed by atoms with Crippen molar-refractivity contribution in [2.45, 2.75) is 101 Å². The van der Waals surface area contributed by atoms with Gasteiger partial charge >= 0.3 is 23.9 Å². The summed E-state index contributed by atoms with van der Waals surface area (Å²) in [5.41, 5.74) is 2.99. The Balaban J connectivity index is 1.17. The highest BCUT2D eigenvalue weighted by molar-refractivity contribution is 5.90. The van der Waals surface area contributed by atoms with Crippen molar-refractivity contribution in [3.05, 3.63) is 179 Å². The molecule has 0 unspecified atom stereocenters. The SMILES string of the molecule is C[C@@H]1O[C@@H]2O[C@H]3[C@H](OC(=O)CCC(=O)O[C@@H]2[C@H](OCc2ccccc2)[C@H]1OCc1ccccc1)[C@@H](OC(=O)c1ccccc1)[C@@H](OCc1ccccc1)O[C@@H]3COC(=O)c1ccccc1. The van der Waals surface area contributed by atoms with Gasteiger partial charge in [0.2, 0.25) is 0 Å². The second-order valence-electron chi connectivity index (χ2n) is 15.8. The Morgan fingerprint density at radius 3 is 1.51 bits per heavy atom. The van der Waals surface area contributed by atoms with Crippen LogP contribution in [0.5, 0.6) is 0 Å². The summed E-state index contributed by atoms with van der Waals surface area (Å²) < 4.78 is 63.9. The van der Waals surface area contributed by atoms with E-state index in [0.717, 1.165) is 16.7 Å². The topological polar surface area (TPSA) is 161 Å². The minimum atomic E-state index is -1.48. The van der Waals surface area contributed by atoms with Gasteiger partial charge in [-0.1, -0.05) is 127 Å². The molecule has 0 saturated carbocycles. The van der Waals surface area contributed by atoms with E-state index in [1.165, 1.54) is 0 Å². The van der Waals surface area contributed by atoms with Gasteiger partial charge in [0.1, 0.15) is 31.0 Å². The average molecular weight is 887 g/mol. The van der Waals surface area contributed by atoms with Crippen molar-refractivity contribution in [3.63, 3.8) is 0 Å². The molecule has 0 bridgehead atoms. The lowest BCUT2D eigenvalue weighted by Crippen LogP contribution is -2.66. The van der Waals surface area contributed by atoms with Gasteiger partial charge in [-0.15, -0.1) is 0 Å². The lowest BCUT2D eigenvalue weighted by atomic mass is 9.96. The molecule has 10 atom stereocenters. The Morgan fingerprint density at radius 2 is 0.969 bits per heavy atom. The fraction of sp³-hybridized carbons (Fsp3) is 0.333. The Labute approximate surface area is 376 Å². The number of fused-ring (bicyclic) bond motifs is 2. The Bertz CT molecular complexity index is 2300. The summed E-state index contributed by atoms with van der Waals surface area (Å²) >= 11 is 0. The standard InChI is InChI=1S/C51H50O14/c1-33-42(56-29-34-17-7-2-8-18-34)44(57-30-35-19-9-3-10-20-35)46-51(60-33)65-43-39(32-58-48(54)37-23-13-5-14-24-37)61-50(59-31-36-21-11-4-12-22-36)47(64-49(55)38-25-15-6-16-26-38)45(43)62-40(52)27-28-41(53)63-46/h2-26,33,39,42-47,50-51H,27-32H2,1H3/t33-,39+,42-,43+,44+,45-,46+,47+,50-,51+/m0/s1. The van der Waals surface area contributed by atoms with Crippen molar-refractivity contribution < 1.29 is 66.5 Å². The van der Waals surface area contributed by atoms with E-state index in [4.69, 9.17) is 47.4 Å². The molecule has 5 aromatic carbocycles. The van der Waals surface area contributed by atoms with Crippen LogP contribution in [0.4, 0.5) is 0 Å². The molecule has 3 aliphatic rings. The van der Waals surface area contributed by atoms with Gasteiger partial charge in [-0.25, -0.2) is 9.59 Å². The number of hydrogen-bond acceptors (Lipinski definition) is 14. The summed E-state index contributed by atoms with van der Waals surface area (Å²) in [5.74, 6) is -3.01. The first-order valence-electron chi connectivity index (χ1n) is 21.6. The molecule has 0 aliphatic carbocycles. The molecular weight excluding hydrogens is 837 g/mol. The zero-order valence-corrected chi connectivity index (χ0v) is 35.7. The number of ether oxygens (including phenoxy) is 10. The quantitative estimate of drug-likeness (QED) is 0.0834. The molecule has 5 aromatic rings. The lowest BCUT2D eigenvalue weighted by molar-refractivity contribution is -0.362. The molecule has 0 amide bonds. The third-order valence-electron chi connectivity index (χ3n) is 11.1. The van der Waals surface area contributed by atoms with Crippen molar-refractivity contribution in [2.24, 2.45) is 0 Å². The van der Waals surface area contributed by atoms with Crippen LogP contribution in [-0.2, 0) is 76.8 Å². The third kappa shape index (κ3) is 11.9. The normalized spacial score (nSPS) is 26.8. The monoisotopic (exact) mass is 886 g/mol. The first-order valence-corrected chi connectivity index (χ1v) is 21.6. The molecule has 65 heavy (non-hydrogen) atoms. The van der Waals surface area contributed by atoms with E-state index in [1.807, 2.05) is 91.0 Å². The maximum Gasteiger partial charge on any atom is 0.338 e. The van der Waals surface area contributed by atoms with Gasteiger partial charge in [0, 0.05) is 0 Å². The molecule has 3 saturated heterocycles. The number of carbonyl (C=O) groups excluding carboxylic acids is 4. The van der Waals surface area contributed by atoms with Crippen LogP contribution < -0.4 is 0 Å². The largest absolute Gasteiger partial charge is 0.459 e. The summed E-state index contributed by atoms with van der Waals surface area (Å²) in [6, 6.07) is 44.9. The minimum absolute atomic E-state index is 0.00786. The zero-order valence-electron chi connectivity index (χ0n) is 35.7. The molecule has 14 nitrogen and oxygen atoms in total. The van der Waals surface area contributed by atoms with Gasteiger partial charge in [0.15, 0.2) is 30.9 Å². The number of carbonyl (C=O) groups is 4. The predicted octanol–water partition coefficient (Wildman–Crippen LogP) is 6.93. The van der Waals surface area contributed by atoms with Crippen LogP contribution in [0.2, 0.25) is 0 Å². The highest BCUT2D eigenvalue weighted by Crippen LogP contribution is 2.37. The van der Waals surface area contributed by atoms with Crippen LogP contribution in [0, 0.1) is 0 Å². The maximum absolute atomic E-state index is 13.9. The van der Waals surface area contributed by atoms with Crippen LogP contribution in [0.1, 0.15) is 57.2 Å². The van der Waals surface area contributed by atoms with E-state index in [1.54, 1.807) is 67.6 Å². The van der Waals surface area contributed by atoms with Crippen molar-refractivity contribution in [1.82, 2.24) is 0 Å². The summed E-state index contributed by atoms with van der Waals surface area (Å²) in [7, 11) is 0. The van der Waals surface area contributed by atoms with Crippen molar-refractivity contribution in [3.8, 4) is 0 Å². The number of esters is 4. The molecule has 3 fully saturated rings. The molecule has 0 N–H and O–H groups in total. The van der Waals surface area contributed by atoms with Crippen LogP contribution >= 0.6 is 0 Å². The lowest BCUT2D eigenvalue weighted by Gasteiger charge is -2.48. The van der Waals surface area contributed by atoms with Crippen molar-refractivity contribution >= 4 is 23.9 Å². The summed E-state index contributed by atoms with van der Waals surface area (Å²) in [6.07, 6.45) is -13.0. The molecule has 8 rings (SSSR count). The maximum atomic E-state index is 13.9. The van der Waals surface area contributed by atoms with E-state index in [9.17, 15) is 19.2 Å². The number of rotatable bonds is 14. The molecule has 0 radical (unpaired) electrons. The van der Waals surface area contributed by atoms with Gasteiger partial charge in [-0.3, -0.25) is 9.59 Å². The summed E-state index contributed by atoms with van der Waals surface area (Å²) in [5, 5.41) is 0. The highest BCUT2D eigenvalue weighted by Gasteiger charge is 2.56. The Morgan fingerprint density at radius 1 is 0.508 bits per heavy atom. The van der Waals surface area contributed by atoms with Crippen LogP contribution in [-0.4, -0.2) is 91.9 Å². The number of benzene rings is 5. The van der Waals surface area contributed by atoms with Gasteiger partial charge in [-0.05, 0) is 47.9 Å². The third-order valence-corrected chi connectivity index (χ3v) is 11.1. The Hall–Kier alpha value is -6.26. The van der Waals surface area contributed by atoms with Crippen LogP contribution in [0.25, 0.3) is 0 Å². The summed E-state index contributed by atoms with van der Waals surface area (Å²) in [6.45, 7) is 1.63. The van der Waals surface area contributed by atoms with Crippen LogP contribution in [0.3, 0.4) is 0 Å². The summed E-state index contributed by atoms with van der Waals surface area (Å²) in [4.78, 5) is 54.9. The van der Waals surface area contributed by atoms with Gasteiger partial charge in [0.25, 0.3) is 0 Å². The van der Waals surface area contributed by atoms with Crippen molar-refractivity contribution in [2.75, 3.05) is 6.61 Å². The predicted molar refractivity (Wildman–Crippen MR) is 231 cm³/mol. The molecule has 3 heterocycles. The Kier molecular flexibility index (Phi) is 15.4.